The van der Waals surface area contributed by atoms with Crippen molar-refractivity contribution in [3.05, 3.63) is 48.0 Å². The van der Waals surface area contributed by atoms with E-state index in [0.29, 0.717) is 11.4 Å². The third-order valence-electron chi connectivity index (χ3n) is 4.56. The standard InChI is InChI=1S/C18H19N3O3S2/c22-15-9-7-13(8-10-15)20-26(23,24)17-12-21(14-4-1-2-5-14)19-18(17)16-6-3-11-25-16/h3,6-12,14,20,22H,1-2,4-5H2. The SMILES string of the molecule is O=S(=O)(Nc1ccc(O)cc1)c1cn(C2CCCC2)nc1-c1cccs1. The van der Waals surface area contributed by atoms with E-state index in [2.05, 4.69) is 9.82 Å². The van der Waals surface area contributed by atoms with Crippen LogP contribution >= 0.6 is 11.3 Å². The molecular formula is C18H19N3O3S2. The Morgan fingerprint density at radius 3 is 2.54 bits per heavy atom. The number of hydrogen-bond acceptors (Lipinski definition) is 5. The minimum Gasteiger partial charge on any atom is -0.508 e. The van der Waals surface area contributed by atoms with E-state index in [9.17, 15) is 13.5 Å². The molecule has 0 spiro atoms. The molecule has 0 amide bonds. The van der Waals surface area contributed by atoms with Crippen LogP contribution in [0.1, 0.15) is 31.7 Å². The molecule has 6 nitrogen and oxygen atoms in total. The van der Waals surface area contributed by atoms with Crippen LogP contribution in [-0.4, -0.2) is 23.3 Å². The van der Waals surface area contributed by atoms with Crippen LogP contribution in [0.4, 0.5) is 5.69 Å². The molecule has 8 heteroatoms. The van der Waals surface area contributed by atoms with Crippen molar-refractivity contribution in [1.82, 2.24) is 9.78 Å². The first kappa shape index (κ1) is 17.1. The highest BCUT2D eigenvalue weighted by Gasteiger charge is 2.27. The normalized spacial score (nSPS) is 15.4. The van der Waals surface area contributed by atoms with Crippen molar-refractivity contribution in [2.45, 2.75) is 36.6 Å². The summed E-state index contributed by atoms with van der Waals surface area (Å²) < 4.78 is 30.4. The topological polar surface area (TPSA) is 84.2 Å². The fraction of sp³-hybridized carbons (Fsp3) is 0.278. The number of thiophene rings is 1. The molecule has 2 aromatic heterocycles. The van der Waals surface area contributed by atoms with Gasteiger partial charge in [-0.25, -0.2) is 8.42 Å². The molecule has 4 rings (SSSR count). The second kappa shape index (κ2) is 6.77. The van der Waals surface area contributed by atoms with Gasteiger partial charge in [0.15, 0.2) is 0 Å². The molecule has 1 aliphatic rings. The zero-order valence-corrected chi connectivity index (χ0v) is 15.6. The van der Waals surface area contributed by atoms with Gasteiger partial charge in [0, 0.05) is 11.9 Å². The lowest BCUT2D eigenvalue weighted by Gasteiger charge is -2.09. The number of phenolic OH excluding ortho intramolecular Hbond substituents is 1. The summed E-state index contributed by atoms with van der Waals surface area (Å²) in [5.74, 6) is 0.0845. The second-order valence-corrected chi connectivity index (χ2v) is 8.99. The lowest BCUT2D eigenvalue weighted by Crippen LogP contribution is -2.13. The molecule has 136 valence electrons. The van der Waals surface area contributed by atoms with Gasteiger partial charge in [-0.15, -0.1) is 11.3 Å². The summed E-state index contributed by atoms with van der Waals surface area (Å²) >= 11 is 1.47. The first-order chi connectivity index (χ1) is 12.5. The van der Waals surface area contributed by atoms with E-state index in [1.807, 2.05) is 22.2 Å². The summed E-state index contributed by atoms with van der Waals surface area (Å²) in [5, 5.41) is 15.9. The van der Waals surface area contributed by atoms with Crippen LogP contribution in [0.5, 0.6) is 5.75 Å². The monoisotopic (exact) mass is 389 g/mol. The molecule has 3 aromatic rings. The van der Waals surface area contributed by atoms with E-state index in [1.54, 1.807) is 6.20 Å². The molecule has 1 saturated carbocycles. The minimum absolute atomic E-state index is 0.0845. The summed E-state index contributed by atoms with van der Waals surface area (Å²) in [6.07, 6.45) is 5.99. The Morgan fingerprint density at radius 2 is 1.88 bits per heavy atom. The van der Waals surface area contributed by atoms with Crippen LogP contribution in [0.2, 0.25) is 0 Å². The zero-order valence-electron chi connectivity index (χ0n) is 14.0. The number of aromatic hydroxyl groups is 1. The van der Waals surface area contributed by atoms with Gasteiger partial charge in [-0.3, -0.25) is 9.40 Å². The molecule has 0 atom stereocenters. The van der Waals surface area contributed by atoms with Gasteiger partial charge in [0.1, 0.15) is 16.3 Å². The number of benzene rings is 1. The first-order valence-electron chi connectivity index (χ1n) is 8.48. The molecule has 1 aromatic carbocycles. The molecule has 26 heavy (non-hydrogen) atoms. The Labute approximate surface area is 156 Å². The van der Waals surface area contributed by atoms with Gasteiger partial charge in [0.25, 0.3) is 10.0 Å². The van der Waals surface area contributed by atoms with Gasteiger partial charge in [0.2, 0.25) is 0 Å². The van der Waals surface area contributed by atoms with Crippen LogP contribution in [0.15, 0.2) is 52.9 Å². The fourth-order valence-corrected chi connectivity index (χ4v) is 5.25. The van der Waals surface area contributed by atoms with Gasteiger partial charge in [-0.1, -0.05) is 18.9 Å². The maximum atomic E-state index is 13.0. The Hall–Kier alpha value is -2.32. The van der Waals surface area contributed by atoms with Crippen molar-refractivity contribution in [1.29, 1.82) is 0 Å². The Morgan fingerprint density at radius 1 is 1.15 bits per heavy atom. The third kappa shape index (κ3) is 3.34. The lowest BCUT2D eigenvalue weighted by atomic mass is 10.3. The largest absolute Gasteiger partial charge is 0.508 e. The fourth-order valence-electron chi connectivity index (χ4n) is 3.25. The lowest BCUT2D eigenvalue weighted by molar-refractivity contribution is 0.467. The van der Waals surface area contributed by atoms with Crippen molar-refractivity contribution in [2.24, 2.45) is 0 Å². The van der Waals surface area contributed by atoms with Gasteiger partial charge in [-0.2, -0.15) is 5.10 Å². The van der Waals surface area contributed by atoms with Crippen LogP contribution in [0, 0.1) is 0 Å². The van der Waals surface area contributed by atoms with Crippen molar-refractivity contribution in [3.63, 3.8) is 0 Å². The number of rotatable bonds is 5. The van der Waals surface area contributed by atoms with E-state index in [4.69, 9.17) is 0 Å². The summed E-state index contributed by atoms with van der Waals surface area (Å²) in [6.45, 7) is 0. The number of nitrogens with zero attached hydrogens (tertiary/aromatic N) is 2. The van der Waals surface area contributed by atoms with Gasteiger partial charge in [0.05, 0.1) is 10.9 Å². The summed E-state index contributed by atoms with van der Waals surface area (Å²) in [4.78, 5) is 1.01. The summed E-state index contributed by atoms with van der Waals surface area (Å²) in [7, 11) is -3.80. The Balaban J connectivity index is 1.74. The Kier molecular flexibility index (Phi) is 4.46. The second-order valence-electron chi connectivity index (χ2n) is 6.39. The van der Waals surface area contributed by atoms with Crippen LogP contribution in [0.3, 0.4) is 0 Å². The molecule has 2 N–H and O–H groups in total. The summed E-state index contributed by atoms with van der Waals surface area (Å²) in [6, 6.07) is 9.97. The number of hydrogen-bond donors (Lipinski definition) is 2. The average molecular weight is 390 g/mol. The molecule has 1 fully saturated rings. The molecule has 0 radical (unpaired) electrons. The van der Waals surface area contributed by atoms with E-state index in [-0.39, 0.29) is 16.7 Å². The number of nitrogens with one attached hydrogen (secondary N) is 1. The highest BCUT2D eigenvalue weighted by atomic mass is 32.2. The zero-order chi connectivity index (χ0) is 18.1. The van der Waals surface area contributed by atoms with E-state index in [1.165, 1.54) is 35.6 Å². The highest BCUT2D eigenvalue weighted by Crippen LogP contribution is 2.35. The van der Waals surface area contributed by atoms with Crippen LogP contribution < -0.4 is 4.72 Å². The van der Waals surface area contributed by atoms with Gasteiger partial charge in [-0.05, 0) is 48.6 Å². The third-order valence-corrected chi connectivity index (χ3v) is 6.82. The molecule has 2 heterocycles. The van der Waals surface area contributed by atoms with Crippen molar-refractivity contribution < 1.29 is 13.5 Å². The molecule has 0 bridgehead atoms. The number of sulfonamides is 1. The van der Waals surface area contributed by atoms with Gasteiger partial charge < -0.3 is 5.11 Å². The summed E-state index contributed by atoms with van der Waals surface area (Å²) in [5.41, 5.74) is 0.881. The van der Waals surface area contributed by atoms with E-state index < -0.39 is 10.0 Å². The molecule has 0 aliphatic heterocycles. The predicted molar refractivity (Wildman–Crippen MR) is 102 cm³/mol. The highest BCUT2D eigenvalue weighted by molar-refractivity contribution is 7.92. The molecule has 0 unspecified atom stereocenters. The van der Waals surface area contributed by atoms with Gasteiger partial charge >= 0.3 is 0 Å². The number of anilines is 1. The first-order valence-corrected chi connectivity index (χ1v) is 10.8. The van der Waals surface area contributed by atoms with E-state index in [0.717, 1.165) is 30.6 Å². The van der Waals surface area contributed by atoms with Crippen LogP contribution in [-0.2, 0) is 10.0 Å². The average Bonchev–Trinajstić information content (AvgIpc) is 3.36. The maximum Gasteiger partial charge on any atom is 0.265 e. The van der Waals surface area contributed by atoms with Crippen LogP contribution in [0.25, 0.3) is 10.6 Å². The number of phenols is 1. The van der Waals surface area contributed by atoms with Crippen molar-refractivity contribution in [3.8, 4) is 16.3 Å². The van der Waals surface area contributed by atoms with E-state index >= 15 is 0 Å². The predicted octanol–water partition coefficient (Wildman–Crippen LogP) is 4.23. The quantitative estimate of drug-likeness (QED) is 0.640. The Bertz CT molecular complexity index is 987. The minimum atomic E-state index is -3.80. The molecular weight excluding hydrogens is 370 g/mol. The molecule has 0 saturated heterocycles. The van der Waals surface area contributed by atoms with Crippen molar-refractivity contribution >= 4 is 27.0 Å². The number of aromatic nitrogens is 2. The maximum absolute atomic E-state index is 13.0. The smallest absolute Gasteiger partial charge is 0.265 e. The van der Waals surface area contributed by atoms with Crippen molar-refractivity contribution in [2.75, 3.05) is 4.72 Å². The molecule has 1 aliphatic carbocycles.